The van der Waals surface area contributed by atoms with Crippen LogP contribution in [0.1, 0.15) is 25.0 Å². The molecule has 2 aromatic heterocycles. The zero-order chi connectivity index (χ0) is 41.4. The number of hydrogen-bond donors (Lipinski definition) is 0. The van der Waals surface area contributed by atoms with Gasteiger partial charge in [0.1, 0.15) is 11.2 Å². The average molecular weight is 793 g/mol. The highest BCUT2D eigenvalue weighted by Gasteiger charge is 2.37. The van der Waals surface area contributed by atoms with Crippen LogP contribution in [0.2, 0.25) is 0 Å². The van der Waals surface area contributed by atoms with E-state index in [1.54, 1.807) is 0 Å². The molecule has 0 saturated heterocycles. The van der Waals surface area contributed by atoms with E-state index in [0.717, 1.165) is 66.7 Å². The molecule has 0 bridgehead atoms. The van der Waals surface area contributed by atoms with Crippen molar-refractivity contribution in [1.82, 2.24) is 9.97 Å². The molecule has 0 atom stereocenters. The molecule has 1 aliphatic carbocycles. The quantitative estimate of drug-likeness (QED) is 0.168. The number of benzene rings is 9. The minimum atomic E-state index is -0.166. The lowest BCUT2D eigenvalue weighted by Gasteiger charge is -2.22. The molecule has 9 aromatic carbocycles. The minimum Gasteiger partial charge on any atom is -0.456 e. The standard InChI is InChI=1S/C59H40N2O/c1-59(2)51-22-13-21-47(57(51)50-34-41-18-9-10-19-42(41)35-52(50)59)45-30-44(43-28-29-56-49(33-43)48-20-11-12-23-55(48)62-56)31-46(32-45)54-36-53(60-58(61-54)40-16-7-4-8-17-40)39-26-24-38(25-27-39)37-14-5-3-6-15-37/h3-36H,1-2H3. The largest absolute Gasteiger partial charge is 0.456 e. The first kappa shape index (κ1) is 36.0. The number of aromatic nitrogens is 2. The topological polar surface area (TPSA) is 38.9 Å². The summed E-state index contributed by atoms with van der Waals surface area (Å²) in [5.41, 5.74) is 18.6. The Balaban J connectivity index is 1.09. The molecule has 0 amide bonds. The molecule has 3 nitrogen and oxygen atoms in total. The van der Waals surface area contributed by atoms with Gasteiger partial charge in [-0.25, -0.2) is 9.97 Å². The number of nitrogens with zero attached hydrogens (tertiary/aromatic N) is 2. The van der Waals surface area contributed by atoms with Crippen molar-refractivity contribution in [3.8, 4) is 78.4 Å². The first-order valence-electron chi connectivity index (χ1n) is 21.3. The van der Waals surface area contributed by atoms with Gasteiger partial charge in [0.15, 0.2) is 5.82 Å². The fraction of sp³-hybridized carbons (Fsp3) is 0.0508. The Kier molecular flexibility index (Phi) is 8.20. The van der Waals surface area contributed by atoms with E-state index in [1.807, 2.05) is 30.3 Å². The van der Waals surface area contributed by atoms with Gasteiger partial charge in [0, 0.05) is 32.9 Å². The third kappa shape index (κ3) is 5.96. The van der Waals surface area contributed by atoms with Crippen molar-refractivity contribution >= 4 is 32.7 Å². The number of hydrogen-bond acceptors (Lipinski definition) is 3. The van der Waals surface area contributed by atoms with Crippen LogP contribution in [-0.2, 0) is 5.41 Å². The molecule has 0 N–H and O–H groups in total. The van der Waals surface area contributed by atoms with Crippen molar-refractivity contribution < 1.29 is 4.42 Å². The van der Waals surface area contributed by atoms with E-state index in [1.165, 1.54) is 49.7 Å². The first-order valence-corrected chi connectivity index (χ1v) is 21.3. The summed E-state index contributed by atoms with van der Waals surface area (Å²) in [6.45, 7) is 4.73. The van der Waals surface area contributed by atoms with Gasteiger partial charge in [-0.3, -0.25) is 0 Å². The molecule has 0 fully saturated rings. The smallest absolute Gasteiger partial charge is 0.160 e. The summed E-state index contributed by atoms with van der Waals surface area (Å²) < 4.78 is 6.29. The molecule has 0 unspecified atom stereocenters. The summed E-state index contributed by atoms with van der Waals surface area (Å²) in [7, 11) is 0. The van der Waals surface area contributed by atoms with Crippen molar-refractivity contribution in [3.63, 3.8) is 0 Å². The van der Waals surface area contributed by atoms with E-state index in [9.17, 15) is 0 Å². The second kappa shape index (κ2) is 14.1. The van der Waals surface area contributed by atoms with Crippen LogP contribution < -0.4 is 0 Å². The Labute approximate surface area is 360 Å². The van der Waals surface area contributed by atoms with Crippen LogP contribution in [0.3, 0.4) is 0 Å². The van der Waals surface area contributed by atoms with Crippen molar-refractivity contribution in [2.45, 2.75) is 19.3 Å². The summed E-state index contributed by atoms with van der Waals surface area (Å²) >= 11 is 0. The Morgan fingerprint density at radius 3 is 1.74 bits per heavy atom. The van der Waals surface area contributed by atoms with Crippen LogP contribution in [0.15, 0.2) is 211 Å². The molecule has 0 aliphatic heterocycles. The van der Waals surface area contributed by atoms with E-state index >= 15 is 0 Å². The van der Waals surface area contributed by atoms with Crippen LogP contribution >= 0.6 is 0 Å². The Bertz CT molecular complexity index is 3530. The summed E-state index contributed by atoms with van der Waals surface area (Å²) in [5.74, 6) is 0.687. The lowest BCUT2D eigenvalue weighted by molar-refractivity contribution is 0.661. The predicted octanol–water partition coefficient (Wildman–Crippen LogP) is 15.8. The van der Waals surface area contributed by atoms with Crippen LogP contribution in [0.4, 0.5) is 0 Å². The summed E-state index contributed by atoms with van der Waals surface area (Å²) in [4.78, 5) is 10.6. The summed E-state index contributed by atoms with van der Waals surface area (Å²) in [6, 6.07) is 73.9. The lowest BCUT2D eigenvalue weighted by Crippen LogP contribution is -2.14. The van der Waals surface area contributed by atoms with Crippen LogP contribution in [0, 0.1) is 0 Å². The fourth-order valence-electron chi connectivity index (χ4n) is 9.64. The van der Waals surface area contributed by atoms with Gasteiger partial charge < -0.3 is 4.42 Å². The van der Waals surface area contributed by atoms with E-state index < -0.39 is 0 Å². The normalized spacial score (nSPS) is 12.8. The number of rotatable bonds is 6. The van der Waals surface area contributed by atoms with Gasteiger partial charge in [0.25, 0.3) is 0 Å². The van der Waals surface area contributed by atoms with Gasteiger partial charge in [-0.2, -0.15) is 0 Å². The van der Waals surface area contributed by atoms with E-state index in [-0.39, 0.29) is 5.41 Å². The zero-order valence-corrected chi connectivity index (χ0v) is 34.4. The Morgan fingerprint density at radius 1 is 0.355 bits per heavy atom. The Morgan fingerprint density at radius 2 is 0.952 bits per heavy atom. The van der Waals surface area contributed by atoms with Crippen molar-refractivity contribution in [3.05, 3.63) is 217 Å². The third-order valence-electron chi connectivity index (χ3n) is 12.9. The zero-order valence-electron chi connectivity index (χ0n) is 34.4. The molecule has 0 spiro atoms. The molecule has 292 valence electrons. The SMILES string of the molecule is CC1(C)c2cc3ccccc3cc2-c2c(-c3cc(-c4ccc5oc6ccccc6c5c4)cc(-c4cc(-c5ccc(-c6ccccc6)cc5)nc(-c5ccccc5)n4)c3)cccc21. The number of para-hydroxylation sites is 1. The fourth-order valence-corrected chi connectivity index (χ4v) is 9.64. The molecule has 3 heteroatoms. The van der Waals surface area contributed by atoms with Gasteiger partial charge in [-0.05, 0) is 121 Å². The third-order valence-corrected chi connectivity index (χ3v) is 12.9. The lowest BCUT2D eigenvalue weighted by atomic mass is 9.81. The number of furan rings is 1. The second-order valence-corrected chi connectivity index (χ2v) is 17.0. The minimum absolute atomic E-state index is 0.166. The molecule has 0 radical (unpaired) electrons. The van der Waals surface area contributed by atoms with Gasteiger partial charge in [-0.1, -0.05) is 166 Å². The van der Waals surface area contributed by atoms with E-state index in [4.69, 9.17) is 14.4 Å². The number of fused-ring (bicyclic) bond motifs is 7. The van der Waals surface area contributed by atoms with Crippen LogP contribution in [-0.4, -0.2) is 9.97 Å². The molecule has 2 heterocycles. The maximum atomic E-state index is 6.29. The molecular weight excluding hydrogens is 753 g/mol. The summed E-state index contributed by atoms with van der Waals surface area (Å²) in [5, 5.41) is 4.73. The van der Waals surface area contributed by atoms with Crippen LogP contribution in [0.25, 0.3) is 111 Å². The molecule has 11 aromatic rings. The van der Waals surface area contributed by atoms with Gasteiger partial charge >= 0.3 is 0 Å². The molecule has 0 saturated carbocycles. The second-order valence-electron chi connectivity index (χ2n) is 17.0. The van der Waals surface area contributed by atoms with Crippen molar-refractivity contribution in [2.24, 2.45) is 0 Å². The maximum absolute atomic E-state index is 6.29. The Hall–Kier alpha value is -7.88. The first-order chi connectivity index (χ1) is 30.4. The molecular formula is C59H40N2O. The van der Waals surface area contributed by atoms with E-state index in [2.05, 4.69) is 190 Å². The highest BCUT2D eigenvalue weighted by atomic mass is 16.3. The maximum Gasteiger partial charge on any atom is 0.160 e. The summed E-state index contributed by atoms with van der Waals surface area (Å²) in [6.07, 6.45) is 0. The van der Waals surface area contributed by atoms with Crippen LogP contribution in [0.5, 0.6) is 0 Å². The van der Waals surface area contributed by atoms with Gasteiger partial charge in [0.05, 0.1) is 11.4 Å². The van der Waals surface area contributed by atoms with Crippen molar-refractivity contribution in [1.29, 1.82) is 0 Å². The highest BCUT2D eigenvalue weighted by Crippen LogP contribution is 2.53. The van der Waals surface area contributed by atoms with E-state index in [0.29, 0.717) is 5.82 Å². The molecule has 62 heavy (non-hydrogen) atoms. The average Bonchev–Trinajstić information content (AvgIpc) is 3.82. The predicted molar refractivity (Wildman–Crippen MR) is 257 cm³/mol. The molecule has 12 rings (SSSR count). The highest BCUT2D eigenvalue weighted by molar-refractivity contribution is 6.07. The van der Waals surface area contributed by atoms with Crippen molar-refractivity contribution in [2.75, 3.05) is 0 Å². The van der Waals surface area contributed by atoms with Gasteiger partial charge in [-0.15, -0.1) is 0 Å². The van der Waals surface area contributed by atoms with Gasteiger partial charge in [0.2, 0.25) is 0 Å². The monoisotopic (exact) mass is 792 g/mol. The molecule has 1 aliphatic rings.